The molecular formula is C26H23NO5. The van der Waals surface area contributed by atoms with Gasteiger partial charge in [0.1, 0.15) is 0 Å². The number of hydrogen-bond acceptors (Lipinski definition) is 5. The maximum Gasteiger partial charge on any atom is 0.340 e. The van der Waals surface area contributed by atoms with E-state index in [0.717, 1.165) is 10.8 Å². The predicted molar refractivity (Wildman–Crippen MR) is 123 cm³/mol. The average molecular weight is 429 g/mol. The maximum absolute atomic E-state index is 13.6. The van der Waals surface area contributed by atoms with E-state index in [1.807, 2.05) is 49.4 Å². The van der Waals surface area contributed by atoms with Crippen molar-refractivity contribution in [3.63, 3.8) is 0 Å². The number of rotatable bonds is 5. The van der Waals surface area contributed by atoms with E-state index >= 15 is 0 Å². The lowest BCUT2D eigenvalue weighted by molar-refractivity contribution is -0.136. The van der Waals surface area contributed by atoms with Crippen molar-refractivity contribution in [1.82, 2.24) is 0 Å². The van der Waals surface area contributed by atoms with Gasteiger partial charge in [-0.05, 0) is 37.4 Å². The largest absolute Gasteiger partial charge is 0.504 e. The molecular weight excluding hydrogens is 406 g/mol. The van der Waals surface area contributed by atoms with Gasteiger partial charge >= 0.3 is 5.97 Å². The van der Waals surface area contributed by atoms with Gasteiger partial charge in [0.05, 0.1) is 30.6 Å². The molecule has 1 aliphatic rings. The van der Waals surface area contributed by atoms with Gasteiger partial charge in [0.2, 0.25) is 0 Å². The molecule has 6 heteroatoms. The Morgan fingerprint density at radius 3 is 2.53 bits per heavy atom. The van der Waals surface area contributed by atoms with Gasteiger partial charge in [0, 0.05) is 16.6 Å². The number of para-hydroxylation sites is 1. The summed E-state index contributed by atoms with van der Waals surface area (Å²) in [5.74, 6) is -0.788. The van der Waals surface area contributed by atoms with Crippen LogP contribution in [0.1, 0.15) is 19.4 Å². The number of aromatic hydroxyl groups is 1. The van der Waals surface area contributed by atoms with Crippen molar-refractivity contribution in [2.24, 2.45) is 0 Å². The molecule has 0 saturated heterocycles. The Balaban J connectivity index is 1.90. The molecule has 162 valence electrons. The minimum Gasteiger partial charge on any atom is -0.504 e. The fourth-order valence-electron chi connectivity index (χ4n) is 3.96. The van der Waals surface area contributed by atoms with Gasteiger partial charge in [0.25, 0.3) is 5.91 Å². The number of phenolic OH excluding ortho intramolecular Hbond substituents is 1. The van der Waals surface area contributed by atoms with Crippen molar-refractivity contribution in [3.05, 3.63) is 83.1 Å². The van der Waals surface area contributed by atoms with Crippen LogP contribution in [-0.4, -0.2) is 30.7 Å². The highest BCUT2D eigenvalue weighted by Crippen LogP contribution is 2.40. The van der Waals surface area contributed by atoms with E-state index < -0.39 is 5.97 Å². The Hall–Kier alpha value is -4.06. The van der Waals surface area contributed by atoms with Gasteiger partial charge in [-0.2, -0.15) is 0 Å². The summed E-state index contributed by atoms with van der Waals surface area (Å²) in [6.07, 6.45) is 1.50. The lowest BCUT2D eigenvalue weighted by Gasteiger charge is -2.20. The Morgan fingerprint density at radius 1 is 1.06 bits per heavy atom. The summed E-state index contributed by atoms with van der Waals surface area (Å²) in [6, 6.07) is 18.4. The number of methoxy groups -OCH3 is 1. The summed E-state index contributed by atoms with van der Waals surface area (Å²) >= 11 is 0. The number of fused-ring (bicyclic) bond motifs is 1. The summed E-state index contributed by atoms with van der Waals surface area (Å²) < 4.78 is 10.4. The molecule has 0 aliphatic carbocycles. The van der Waals surface area contributed by atoms with Crippen molar-refractivity contribution in [2.75, 3.05) is 18.6 Å². The fraction of sp³-hybridized carbons (Fsp3) is 0.154. The molecule has 0 bridgehead atoms. The molecule has 0 fully saturated rings. The highest BCUT2D eigenvalue weighted by atomic mass is 16.5. The first-order valence-electron chi connectivity index (χ1n) is 10.3. The second-order valence-corrected chi connectivity index (χ2v) is 7.28. The van der Waals surface area contributed by atoms with Gasteiger partial charge in [-0.3, -0.25) is 9.69 Å². The van der Waals surface area contributed by atoms with E-state index in [9.17, 15) is 14.7 Å². The Morgan fingerprint density at radius 2 is 1.78 bits per heavy atom. The first-order valence-corrected chi connectivity index (χ1v) is 10.3. The maximum atomic E-state index is 13.6. The van der Waals surface area contributed by atoms with Crippen LogP contribution in [0.25, 0.3) is 16.8 Å². The van der Waals surface area contributed by atoms with Crippen molar-refractivity contribution in [3.8, 4) is 11.5 Å². The Labute approximate surface area is 186 Å². The van der Waals surface area contributed by atoms with Crippen LogP contribution >= 0.6 is 0 Å². The molecule has 3 aromatic rings. The number of phenols is 1. The lowest BCUT2D eigenvalue weighted by Crippen LogP contribution is -2.24. The standard InChI is InChI=1S/C26H23NO5/c1-4-32-22-14-8-11-18(24(22)28)15-20-23(26(30)31-3)16(2)27(25(20)29)21-13-7-10-17-9-5-6-12-19(17)21/h5-15,28H,4H2,1-3H3/b20-15-. The monoisotopic (exact) mass is 429 g/mol. The number of anilines is 1. The summed E-state index contributed by atoms with van der Waals surface area (Å²) in [4.78, 5) is 27.8. The minimum atomic E-state index is -0.620. The van der Waals surface area contributed by atoms with Crippen LogP contribution in [0, 0.1) is 0 Å². The molecule has 3 aromatic carbocycles. The third-order valence-electron chi connectivity index (χ3n) is 5.43. The first kappa shape index (κ1) is 21.2. The van der Waals surface area contributed by atoms with E-state index in [2.05, 4.69) is 0 Å². The van der Waals surface area contributed by atoms with Crippen LogP contribution in [0.5, 0.6) is 11.5 Å². The Bertz CT molecular complexity index is 1280. The van der Waals surface area contributed by atoms with Crippen LogP contribution in [0.4, 0.5) is 5.69 Å². The van der Waals surface area contributed by atoms with Crippen molar-refractivity contribution in [1.29, 1.82) is 0 Å². The third-order valence-corrected chi connectivity index (χ3v) is 5.43. The summed E-state index contributed by atoms with van der Waals surface area (Å²) in [5.41, 5.74) is 1.80. The van der Waals surface area contributed by atoms with Crippen LogP contribution in [0.15, 0.2) is 77.5 Å². The molecule has 0 saturated carbocycles. The van der Waals surface area contributed by atoms with Gasteiger partial charge < -0.3 is 14.6 Å². The quantitative estimate of drug-likeness (QED) is 0.465. The van der Waals surface area contributed by atoms with E-state index in [1.165, 1.54) is 18.1 Å². The van der Waals surface area contributed by atoms with Gasteiger partial charge in [-0.25, -0.2) is 4.79 Å². The zero-order valence-electron chi connectivity index (χ0n) is 18.1. The molecule has 0 spiro atoms. The van der Waals surface area contributed by atoms with Gasteiger partial charge in [-0.1, -0.05) is 48.5 Å². The van der Waals surface area contributed by atoms with E-state index in [-0.39, 0.29) is 22.8 Å². The third kappa shape index (κ3) is 3.50. The molecule has 0 radical (unpaired) electrons. The summed E-state index contributed by atoms with van der Waals surface area (Å²) in [5, 5.41) is 12.5. The first-order chi connectivity index (χ1) is 15.5. The number of hydrogen-bond donors (Lipinski definition) is 1. The molecule has 4 rings (SSSR count). The molecule has 32 heavy (non-hydrogen) atoms. The van der Waals surface area contributed by atoms with E-state index in [0.29, 0.717) is 29.3 Å². The van der Waals surface area contributed by atoms with Crippen molar-refractivity contribution >= 4 is 34.4 Å². The number of amides is 1. The fourth-order valence-corrected chi connectivity index (χ4v) is 3.96. The number of benzene rings is 3. The summed E-state index contributed by atoms with van der Waals surface area (Å²) in [7, 11) is 1.28. The summed E-state index contributed by atoms with van der Waals surface area (Å²) in [6.45, 7) is 3.91. The zero-order chi connectivity index (χ0) is 22.8. The number of nitrogens with zero attached hydrogens (tertiary/aromatic N) is 1. The molecule has 0 unspecified atom stereocenters. The second-order valence-electron chi connectivity index (χ2n) is 7.28. The number of carbonyl (C=O) groups excluding carboxylic acids is 2. The van der Waals surface area contributed by atoms with Crippen LogP contribution in [-0.2, 0) is 14.3 Å². The highest BCUT2D eigenvalue weighted by Gasteiger charge is 2.38. The molecule has 1 amide bonds. The molecule has 1 aliphatic heterocycles. The molecule has 0 aromatic heterocycles. The van der Waals surface area contributed by atoms with Crippen molar-refractivity contribution in [2.45, 2.75) is 13.8 Å². The minimum absolute atomic E-state index is 0.0971. The number of esters is 1. The average Bonchev–Trinajstić information content (AvgIpc) is 3.05. The SMILES string of the molecule is CCOc1cccc(/C=C2\C(=O)N(c3cccc4ccccc34)C(C)=C2C(=O)OC)c1O. The predicted octanol–water partition coefficient (Wildman–Crippen LogP) is 4.82. The molecule has 1 heterocycles. The Kier molecular flexibility index (Phi) is 5.69. The van der Waals surface area contributed by atoms with E-state index in [4.69, 9.17) is 9.47 Å². The van der Waals surface area contributed by atoms with Crippen LogP contribution < -0.4 is 9.64 Å². The second kappa shape index (κ2) is 8.59. The van der Waals surface area contributed by atoms with Crippen molar-refractivity contribution < 1.29 is 24.2 Å². The molecule has 0 atom stereocenters. The number of carbonyl (C=O) groups is 2. The van der Waals surface area contributed by atoms with Gasteiger partial charge in [-0.15, -0.1) is 0 Å². The lowest BCUT2D eigenvalue weighted by atomic mass is 10.0. The van der Waals surface area contributed by atoms with Crippen LogP contribution in [0.2, 0.25) is 0 Å². The molecule has 6 nitrogen and oxygen atoms in total. The molecule has 1 N–H and O–H groups in total. The normalized spacial score (nSPS) is 15.0. The van der Waals surface area contributed by atoms with Crippen LogP contribution in [0.3, 0.4) is 0 Å². The highest BCUT2D eigenvalue weighted by molar-refractivity contribution is 6.25. The zero-order valence-corrected chi connectivity index (χ0v) is 18.1. The number of ether oxygens (including phenoxy) is 2. The number of allylic oxidation sites excluding steroid dienone is 1. The van der Waals surface area contributed by atoms with E-state index in [1.54, 1.807) is 25.1 Å². The smallest absolute Gasteiger partial charge is 0.340 e. The topological polar surface area (TPSA) is 76.1 Å². The van der Waals surface area contributed by atoms with Gasteiger partial charge in [0.15, 0.2) is 11.5 Å².